The third-order valence-electron chi connectivity index (χ3n) is 2.23. The molecule has 0 saturated carbocycles. The third kappa shape index (κ3) is 25.1. The molecule has 2 amide bonds. The van der Waals surface area contributed by atoms with Crippen LogP contribution in [0.15, 0.2) is 0 Å². The van der Waals surface area contributed by atoms with Gasteiger partial charge in [-0.15, -0.1) is 0 Å². The van der Waals surface area contributed by atoms with Gasteiger partial charge in [0.2, 0.25) is 0 Å². The molecular weight excluding hydrogens is 390 g/mol. The molecule has 0 aliphatic carbocycles. The number of carboxylic acid groups (broad SMARTS) is 4. The summed E-state index contributed by atoms with van der Waals surface area (Å²) in [5.41, 5.74) is 0. The second-order valence-corrected chi connectivity index (χ2v) is 4.62. The molecule has 1 fully saturated rings. The molecule has 0 aromatic heterocycles. The molecule has 0 unspecified atom stereocenters. The molecule has 1 heterocycles. The molecule has 0 spiro atoms. The van der Waals surface area contributed by atoms with Crippen molar-refractivity contribution in [2.24, 2.45) is 0 Å². The summed E-state index contributed by atoms with van der Waals surface area (Å²) in [7, 11) is 0. The Morgan fingerprint density at radius 1 is 0.643 bits per heavy atom. The van der Waals surface area contributed by atoms with Gasteiger partial charge in [-0.3, -0.25) is 34.0 Å². The van der Waals surface area contributed by atoms with Crippen molar-refractivity contribution >= 4 is 35.7 Å². The van der Waals surface area contributed by atoms with E-state index in [2.05, 4.69) is 0 Å². The average Bonchev–Trinajstić information content (AvgIpc) is 2.90. The summed E-state index contributed by atoms with van der Waals surface area (Å²) in [5.74, 6) is -5.32. The van der Waals surface area contributed by atoms with Crippen molar-refractivity contribution in [2.75, 3.05) is 13.2 Å². The van der Waals surface area contributed by atoms with Gasteiger partial charge in [-0.1, -0.05) is 0 Å². The Balaban J connectivity index is -0.000000306. The Bertz CT molecular complexity index is 457. The molecule has 14 nitrogen and oxygen atoms in total. The Labute approximate surface area is 158 Å². The number of aliphatic carboxylic acids is 4. The van der Waals surface area contributed by atoms with Gasteiger partial charge in [0.1, 0.15) is 0 Å². The topological polar surface area (TPSA) is 247 Å². The number of carboxylic acids is 4. The first kappa shape index (κ1) is 29.7. The predicted molar refractivity (Wildman–Crippen MR) is 86.1 cm³/mol. The van der Waals surface area contributed by atoms with E-state index in [0.29, 0.717) is 0 Å². The number of imide groups is 1. The van der Waals surface area contributed by atoms with Crippen LogP contribution >= 0.6 is 0 Å². The third-order valence-corrected chi connectivity index (χ3v) is 2.23. The van der Waals surface area contributed by atoms with Crippen LogP contribution in [-0.4, -0.2) is 89.8 Å². The second-order valence-electron chi connectivity index (χ2n) is 4.62. The highest BCUT2D eigenvalue weighted by atomic mass is 16.5. The van der Waals surface area contributed by atoms with Gasteiger partial charge in [-0.25, -0.2) is 0 Å². The van der Waals surface area contributed by atoms with Crippen LogP contribution in [0.3, 0.4) is 0 Å². The van der Waals surface area contributed by atoms with Gasteiger partial charge in [0, 0.05) is 12.8 Å². The zero-order chi connectivity index (χ0) is 22.7. The van der Waals surface area contributed by atoms with Gasteiger partial charge < -0.3 is 30.6 Å². The standard InChI is InChI=1S/C4H5NO3.2C4H6O4.C2H6O2/c6-3-1-2-4(7)5(3)8;2*5-3(6)1-2-4(7)8;3-1-2-4/h8H,1-2H2;2*1-2H2,(H,5,6)(H,7,8);3-4H,1-2H2. The molecule has 7 N–H and O–H groups in total. The van der Waals surface area contributed by atoms with E-state index in [1.165, 1.54) is 0 Å². The van der Waals surface area contributed by atoms with Crippen LogP contribution in [0, 0.1) is 0 Å². The molecule has 162 valence electrons. The Hall–Kier alpha value is -3.10. The van der Waals surface area contributed by atoms with Crippen molar-refractivity contribution in [1.29, 1.82) is 0 Å². The van der Waals surface area contributed by atoms with E-state index in [-0.39, 0.29) is 56.8 Å². The lowest BCUT2D eigenvalue weighted by Gasteiger charge is -1.98. The summed E-state index contributed by atoms with van der Waals surface area (Å²) in [6.07, 6.45) is -0.889. The molecule has 0 aromatic carbocycles. The first-order valence-corrected chi connectivity index (χ1v) is 7.52. The zero-order valence-electron chi connectivity index (χ0n) is 14.7. The van der Waals surface area contributed by atoms with Crippen LogP contribution in [0.25, 0.3) is 0 Å². The van der Waals surface area contributed by atoms with E-state index in [1.54, 1.807) is 0 Å². The van der Waals surface area contributed by atoms with E-state index in [9.17, 15) is 28.8 Å². The SMILES string of the molecule is O=C(O)CCC(=O)O.O=C(O)CCC(=O)O.O=C1CCC(=O)N1O.OCCO. The summed E-state index contributed by atoms with van der Waals surface area (Å²) in [6, 6.07) is 0. The van der Waals surface area contributed by atoms with Crippen molar-refractivity contribution in [3.63, 3.8) is 0 Å². The highest BCUT2D eigenvalue weighted by Crippen LogP contribution is 2.07. The van der Waals surface area contributed by atoms with Crippen molar-refractivity contribution < 1.29 is 64.6 Å². The van der Waals surface area contributed by atoms with Gasteiger partial charge in [-0.05, 0) is 0 Å². The zero-order valence-corrected chi connectivity index (χ0v) is 14.7. The van der Waals surface area contributed by atoms with Crippen LogP contribution in [0.1, 0.15) is 38.5 Å². The molecular formula is C14H23NO13. The Morgan fingerprint density at radius 2 is 0.857 bits per heavy atom. The fourth-order valence-electron chi connectivity index (χ4n) is 0.992. The van der Waals surface area contributed by atoms with Gasteiger partial charge in [0.05, 0.1) is 38.9 Å². The summed E-state index contributed by atoms with van der Waals surface area (Å²) < 4.78 is 0. The van der Waals surface area contributed by atoms with Crippen LogP contribution in [0.5, 0.6) is 0 Å². The van der Waals surface area contributed by atoms with E-state index in [1.807, 2.05) is 0 Å². The lowest BCUT2D eigenvalue weighted by atomic mass is 10.3. The minimum Gasteiger partial charge on any atom is -0.481 e. The monoisotopic (exact) mass is 413 g/mol. The quantitative estimate of drug-likeness (QED) is 0.183. The number of aliphatic hydroxyl groups is 2. The number of nitrogens with zero attached hydrogens (tertiary/aromatic N) is 1. The fourth-order valence-corrected chi connectivity index (χ4v) is 0.992. The highest BCUT2D eigenvalue weighted by molar-refractivity contribution is 6.00. The summed E-state index contributed by atoms with van der Waals surface area (Å²) in [5, 5.41) is 55.4. The minimum atomic E-state index is -1.08. The molecule has 1 aliphatic heterocycles. The number of carbonyl (C=O) groups is 6. The molecule has 14 heteroatoms. The molecule has 28 heavy (non-hydrogen) atoms. The van der Waals surface area contributed by atoms with E-state index < -0.39 is 35.7 Å². The van der Waals surface area contributed by atoms with Crippen LogP contribution in [-0.2, 0) is 28.8 Å². The van der Waals surface area contributed by atoms with Crippen molar-refractivity contribution in [2.45, 2.75) is 38.5 Å². The van der Waals surface area contributed by atoms with Gasteiger partial charge in [0.15, 0.2) is 0 Å². The maximum absolute atomic E-state index is 10.2. The van der Waals surface area contributed by atoms with Crippen LogP contribution in [0.4, 0.5) is 0 Å². The normalized spacial score (nSPS) is 11.8. The molecule has 0 bridgehead atoms. The van der Waals surface area contributed by atoms with Crippen molar-refractivity contribution in [3.8, 4) is 0 Å². The molecule has 0 radical (unpaired) electrons. The summed E-state index contributed by atoms with van der Waals surface area (Å²) in [6.45, 7) is -0.250. The summed E-state index contributed by atoms with van der Waals surface area (Å²) >= 11 is 0. The lowest BCUT2D eigenvalue weighted by Crippen LogP contribution is -2.24. The number of hydrogen-bond acceptors (Lipinski definition) is 9. The molecule has 1 rings (SSSR count). The number of aliphatic hydroxyl groups excluding tert-OH is 2. The maximum atomic E-state index is 10.2. The van der Waals surface area contributed by atoms with E-state index >= 15 is 0 Å². The number of carbonyl (C=O) groups excluding carboxylic acids is 2. The first-order chi connectivity index (χ1) is 12.9. The molecule has 0 atom stereocenters. The lowest BCUT2D eigenvalue weighted by molar-refractivity contribution is -0.171. The van der Waals surface area contributed by atoms with Crippen LogP contribution < -0.4 is 0 Å². The van der Waals surface area contributed by atoms with Crippen molar-refractivity contribution in [1.82, 2.24) is 5.06 Å². The largest absolute Gasteiger partial charge is 0.481 e. The molecule has 1 saturated heterocycles. The number of hydroxylamine groups is 2. The predicted octanol–water partition coefficient (Wildman–Crippen LogP) is -1.63. The van der Waals surface area contributed by atoms with E-state index in [4.69, 9.17) is 35.8 Å². The van der Waals surface area contributed by atoms with Crippen molar-refractivity contribution in [3.05, 3.63) is 0 Å². The number of amides is 2. The highest BCUT2D eigenvalue weighted by Gasteiger charge is 2.26. The van der Waals surface area contributed by atoms with Gasteiger partial charge in [-0.2, -0.15) is 5.06 Å². The Kier molecular flexibility index (Phi) is 19.8. The average molecular weight is 413 g/mol. The number of hydrogen-bond donors (Lipinski definition) is 7. The number of rotatable bonds is 7. The molecule has 0 aromatic rings. The minimum absolute atomic E-state index is 0.125. The first-order valence-electron chi connectivity index (χ1n) is 7.52. The Morgan fingerprint density at radius 3 is 0.929 bits per heavy atom. The van der Waals surface area contributed by atoms with Gasteiger partial charge >= 0.3 is 23.9 Å². The second kappa shape index (κ2) is 18.7. The smallest absolute Gasteiger partial charge is 0.303 e. The molecule has 1 aliphatic rings. The summed E-state index contributed by atoms with van der Waals surface area (Å²) in [4.78, 5) is 59.0. The van der Waals surface area contributed by atoms with Crippen LogP contribution in [0.2, 0.25) is 0 Å². The fraction of sp³-hybridized carbons (Fsp3) is 0.571. The maximum Gasteiger partial charge on any atom is 0.303 e. The van der Waals surface area contributed by atoms with Gasteiger partial charge in [0.25, 0.3) is 11.8 Å². The van der Waals surface area contributed by atoms with E-state index in [0.717, 1.165) is 0 Å².